The third-order valence-corrected chi connectivity index (χ3v) is 7.26. The van der Waals surface area contributed by atoms with Crippen LogP contribution in [0.2, 0.25) is 0 Å². The van der Waals surface area contributed by atoms with Gasteiger partial charge < -0.3 is 4.74 Å². The lowest BCUT2D eigenvalue weighted by atomic mass is 10.00. The van der Waals surface area contributed by atoms with Gasteiger partial charge in [-0.15, -0.1) is 23.5 Å². The van der Waals surface area contributed by atoms with E-state index in [4.69, 9.17) is 4.74 Å². The monoisotopic (exact) mass is 402 g/mol. The van der Waals surface area contributed by atoms with E-state index in [0.29, 0.717) is 11.0 Å². The van der Waals surface area contributed by atoms with E-state index in [0.717, 1.165) is 17.9 Å². The minimum Gasteiger partial charge on any atom is -0.468 e. The van der Waals surface area contributed by atoms with E-state index in [1.54, 1.807) is 0 Å². The van der Waals surface area contributed by atoms with Gasteiger partial charge in [0.25, 0.3) is 0 Å². The summed E-state index contributed by atoms with van der Waals surface area (Å²) in [6, 6.07) is 20.7. The van der Waals surface area contributed by atoms with E-state index in [1.165, 1.54) is 25.2 Å². The number of Topliss-reactive ketones (excluding diaryl/α,β-unsaturated/α-hetero) is 1. The molecule has 2 rings (SSSR count). The Kier molecular flexibility index (Phi) is 9.50. The zero-order valence-corrected chi connectivity index (χ0v) is 17.4. The van der Waals surface area contributed by atoms with Gasteiger partial charge >= 0.3 is 5.97 Å². The first kappa shape index (κ1) is 21.6. The number of ether oxygens (including phenoxy) is 1. The molecule has 144 valence electrons. The van der Waals surface area contributed by atoms with Crippen molar-refractivity contribution in [3.8, 4) is 0 Å². The van der Waals surface area contributed by atoms with Gasteiger partial charge in [0.1, 0.15) is 11.7 Å². The van der Waals surface area contributed by atoms with Crippen LogP contribution in [0.4, 0.5) is 0 Å². The highest BCUT2D eigenvalue weighted by Crippen LogP contribution is 2.34. The van der Waals surface area contributed by atoms with Crippen LogP contribution in [0.15, 0.2) is 60.7 Å². The van der Waals surface area contributed by atoms with Crippen molar-refractivity contribution in [1.29, 1.82) is 0 Å². The SMILES string of the molecule is COC(=O)C(CCC(SCc1ccccc1)SCc1ccccc1)C(C)=O. The summed E-state index contributed by atoms with van der Waals surface area (Å²) in [5.41, 5.74) is 2.56. The Hall–Kier alpha value is -1.72. The molecule has 0 saturated carbocycles. The van der Waals surface area contributed by atoms with Gasteiger partial charge in [-0.1, -0.05) is 60.7 Å². The molecule has 0 heterocycles. The van der Waals surface area contributed by atoms with E-state index >= 15 is 0 Å². The second kappa shape index (κ2) is 11.9. The number of carbonyl (C=O) groups is 2. The van der Waals surface area contributed by atoms with E-state index in [2.05, 4.69) is 24.3 Å². The Bertz CT molecular complexity index is 661. The summed E-state index contributed by atoms with van der Waals surface area (Å²) >= 11 is 3.73. The van der Waals surface area contributed by atoms with Gasteiger partial charge in [0.05, 0.1) is 11.7 Å². The number of carbonyl (C=O) groups excluding carboxylic acids is 2. The molecule has 0 aliphatic carbocycles. The first-order chi connectivity index (χ1) is 13.1. The van der Waals surface area contributed by atoms with Crippen LogP contribution in [0.5, 0.6) is 0 Å². The van der Waals surface area contributed by atoms with Gasteiger partial charge in [-0.25, -0.2) is 0 Å². The number of benzene rings is 2. The molecule has 0 saturated heterocycles. The van der Waals surface area contributed by atoms with Crippen molar-refractivity contribution in [2.24, 2.45) is 5.92 Å². The molecule has 0 aromatic heterocycles. The van der Waals surface area contributed by atoms with Gasteiger partial charge in [-0.2, -0.15) is 0 Å². The Morgan fingerprint density at radius 3 is 1.74 bits per heavy atom. The molecule has 2 aromatic rings. The lowest BCUT2D eigenvalue weighted by Crippen LogP contribution is -2.24. The van der Waals surface area contributed by atoms with Crippen LogP contribution in [-0.4, -0.2) is 23.4 Å². The summed E-state index contributed by atoms with van der Waals surface area (Å²) in [5, 5.41) is 0. The van der Waals surface area contributed by atoms with Crippen molar-refractivity contribution in [2.45, 2.75) is 35.9 Å². The predicted molar refractivity (Wildman–Crippen MR) is 115 cm³/mol. The van der Waals surface area contributed by atoms with Crippen molar-refractivity contribution < 1.29 is 14.3 Å². The van der Waals surface area contributed by atoms with Crippen LogP contribution in [-0.2, 0) is 25.8 Å². The van der Waals surface area contributed by atoms with Crippen molar-refractivity contribution in [3.63, 3.8) is 0 Å². The number of hydrogen-bond acceptors (Lipinski definition) is 5. The average Bonchev–Trinajstić information content (AvgIpc) is 2.70. The third-order valence-electron chi connectivity index (χ3n) is 4.22. The van der Waals surface area contributed by atoms with Crippen molar-refractivity contribution in [3.05, 3.63) is 71.8 Å². The molecular formula is C22H26O3S2. The molecule has 0 amide bonds. The number of thioether (sulfide) groups is 2. The second-order valence-corrected chi connectivity index (χ2v) is 8.97. The molecule has 1 atom stereocenters. The molecule has 1 unspecified atom stereocenters. The van der Waals surface area contributed by atoms with Crippen LogP contribution < -0.4 is 0 Å². The van der Waals surface area contributed by atoms with Crippen LogP contribution in [0, 0.1) is 5.92 Å². The van der Waals surface area contributed by atoms with E-state index in [1.807, 2.05) is 59.9 Å². The van der Waals surface area contributed by atoms with Gasteiger partial charge in [-0.05, 0) is 30.9 Å². The Labute approximate surface area is 170 Å². The van der Waals surface area contributed by atoms with Gasteiger partial charge in [0, 0.05) is 11.5 Å². The standard InChI is InChI=1S/C22H26O3S2/c1-17(23)20(22(24)25-2)13-14-21(26-15-18-9-5-3-6-10-18)27-16-19-11-7-4-8-12-19/h3-12,20-21H,13-16H2,1-2H3. The zero-order chi connectivity index (χ0) is 19.5. The molecule has 0 aliphatic rings. The number of hydrogen-bond donors (Lipinski definition) is 0. The lowest BCUT2D eigenvalue weighted by Gasteiger charge is -2.19. The predicted octanol–water partition coefficient (Wildman–Crippen LogP) is 5.34. The van der Waals surface area contributed by atoms with Gasteiger partial charge in [0.15, 0.2) is 0 Å². The maximum absolute atomic E-state index is 11.9. The zero-order valence-electron chi connectivity index (χ0n) is 15.8. The van der Waals surface area contributed by atoms with Crippen molar-refractivity contribution in [1.82, 2.24) is 0 Å². The van der Waals surface area contributed by atoms with E-state index in [-0.39, 0.29) is 5.78 Å². The van der Waals surface area contributed by atoms with Crippen LogP contribution in [0.25, 0.3) is 0 Å². The molecule has 0 bridgehead atoms. The fourth-order valence-electron chi connectivity index (χ4n) is 2.67. The summed E-state index contributed by atoms with van der Waals surface area (Å²) in [6.07, 6.45) is 1.31. The number of ketones is 1. The summed E-state index contributed by atoms with van der Waals surface area (Å²) in [7, 11) is 1.34. The van der Waals surface area contributed by atoms with Crippen LogP contribution in [0.3, 0.4) is 0 Å². The quantitative estimate of drug-likeness (QED) is 0.288. The van der Waals surface area contributed by atoms with Crippen LogP contribution >= 0.6 is 23.5 Å². The maximum atomic E-state index is 11.9. The molecule has 0 spiro atoms. The van der Waals surface area contributed by atoms with Gasteiger partial charge in [-0.3, -0.25) is 9.59 Å². The Balaban J connectivity index is 1.96. The number of esters is 1. The van der Waals surface area contributed by atoms with Crippen LogP contribution in [0.1, 0.15) is 30.9 Å². The number of rotatable bonds is 11. The highest BCUT2D eigenvalue weighted by atomic mass is 32.2. The Morgan fingerprint density at radius 2 is 1.33 bits per heavy atom. The summed E-state index contributed by atoms with van der Waals surface area (Å²) in [4.78, 5) is 23.7. The first-order valence-electron chi connectivity index (χ1n) is 8.99. The maximum Gasteiger partial charge on any atom is 0.316 e. The fraction of sp³-hybridized carbons (Fsp3) is 0.364. The average molecular weight is 403 g/mol. The minimum atomic E-state index is -0.660. The molecule has 0 N–H and O–H groups in total. The fourth-order valence-corrected chi connectivity index (χ4v) is 5.21. The van der Waals surface area contributed by atoms with Crippen molar-refractivity contribution in [2.75, 3.05) is 7.11 Å². The molecule has 3 nitrogen and oxygen atoms in total. The summed E-state index contributed by atoms with van der Waals surface area (Å²) < 4.78 is 5.09. The minimum absolute atomic E-state index is 0.123. The third kappa shape index (κ3) is 7.81. The molecule has 0 aliphatic heterocycles. The molecule has 0 fully saturated rings. The van der Waals surface area contributed by atoms with Gasteiger partial charge in [0.2, 0.25) is 0 Å². The molecular weight excluding hydrogens is 376 g/mol. The normalized spacial score (nSPS) is 12.0. The number of methoxy groups -OCH3 is 1. The van der Waals surface area contributed by atoms with E-state index < -0.39 is 11.9 Å². The molecule has 5 heteroatoms. The lowest BCUT2D eigenvalue weighted by molar-refractivity contribution is -0.149. The smallest absolute Gasteiger partial charge is 0.316 e. The Morgan fingerprint density at radius 1 is 0.852 bits per heavy atom. The molecule has 2 aromatic carbocycles. The second-order valence-electron chi connectivity index (χ2n) is 6.29. The molecule has 0 radical (unpaired) electrons. The first-order valence-corrected chi connectivity index (χ1v) is 11.1. The highest BCUT2D eigenvalue weighted by Gasteiger charge is 2.25. The van der Waals surface area contributed by atoms with E-state index in [9.17, 15) is 9.59 Å². The largest absolute Gasteiger partial charge is 0.468 e. The highest BCUT2D eigenvalue weighted by molar-refractivity contribution is 8.16. The van der Waals surface area contributed by atoms with Crippen molar-refractivity contribution >= 4 is 35.3 Å². The summed E-state index contributed by atoms with van der Waals surface area (Å²) in [5.74, 6) is 0.614. The molecule has 27 heavy (non-hydrogen) atoms. The topological polar surface area (TPSA) is 43.4 Å². The summed E-state index contributed by atoms with van der Waals surface area (Å²) in [6.45, 7) is 1.46.